The molecule has 3 atom stereocenters. The van der Waals surface area contributed by atoms with E-state index in [2.05, 4.69) is 0 Å². The molecule has 0 fully saturated rings. The molecule has 0 amide bonds. The number of methoxy groups -OCH3 is 2. The van der Waals surface area contributed by atoms with Crippen LogP contribution in [0.3, 0.4) is 0 Å². The topological polar surface area (TPSA) is 94.4 Å². The van der Waals surface area contributed by atoms with E-state index in [0.29, 0.717) is 41.3 Å². The van der Waals surface area contributed by atoms with Crippen LogP contribution in [-0.2, 0) is 20.7 Å². The summed E-state index contributed by atoms with van der Waals surface area (Å²) >= 11 is 0. The Morgan fingerprint density at radius 1 is 0.925 bits per heavy atom. The Morgan fingerprint density at radius 3 is 2.33 bits per heavy atom. The Labute approximate surface area is 234 Å². The zero-order valence-corrected chi connectivity index (χ0v) is 22.9. The molecule has 0 spiro atoms. The van der Waals surface area contributed by atoms with Crippen molar-refractivity contribution < 1.29 is 28.9 Å². The molecule has 2 aliphatic rings. The number of hydrogen-bond donors (Lipinski definition) is 1. The van der Waals surface area contributed by atoms with Crippen LogP contribution >= 0.6 is 0 Å². The first-order chi connectivity index (χ1) is 19.4. The van der Waals surface area contributed by atoms with E-state index in [1.54, 1.807) is 38.5 Å². The predicted octanol–water partition coefficient (Wildman–Crippen LogP) is 5.77. The molecule has 40 heavy (non-hydrogen) atoms. The third kappa shape index (κ3) is 5.50. The average Bonchev–Trinajstić information content (AvgIpc) is 2.96. The van der Waals surface area contributed by atoms with E-state index in [0.717, 1.165) is 16.7 Å². The van der Waals surface area contributed by atoms with Gasteiger partial charge in [-0.05, 0) is 60.2 Å². The molecule has 3 aromatic rings. The molecule has 0 aromatic heterocycles. The van der Waals surface area contributed by atoms with Crippen LogP contribution in [-0.4, -0.2) is 43.4 Å². The number of phenolic OH excluding ortho intramolecular Hbond substituents is 1. The Morgan fingerprint density at radius 2 is 1.62 bits per heavy atom. The number of aromatic hydroxyl groups is 1. The van der Waals surface area contributed by atoms with Crippen LogP contribution in [0.1, 0.15) is 48.3 Å². The van der Waals surface area contributed by atoms with Crippen molar-refractivity contribution in [1.29, 1.82) is 0 Å². The lowest BCUT2D eigenvalue weighted by Gasteiger charge is -2.36. The third-order valence-corrected chi connectivity index (χ3v) is 7.75. The van der Waals surface area contributed by atoms with Gasteiger partial charge in [-0.3, -0.25) is 14.6 Å². The summed E-state index contributed by atoms with van der Waals surface area (Å²) < 4.78 is 16.6. The summed E-state index contributed by atoms with van der Waals surface area (Å²) in [4.78, 5) is 32.2. The quantitative estimate of drug-likeness (QED) is 0.365. The van der Waals surface area contributed by atoms with Gasteiger partial charge in [0.2, 0.25) is 0 Å². The smallest absolute Gasteiger partial charge is 0.315 e. The highest BCUT2D eigenvalue weighted by Gasteiger charge is 2.44. The predicted molar refractivity (Wildman–Crippen MR) is 152 cm³/mol. The molecule has 1 heterocycles. The standard InChI is InChI=1S/C33H33NO6/c1-20-30(33(37)40-16-15-21-7-5-4-6-8-21)31(22-9-12-25(35)13-10-22)32-26(34-20)17-24(18-27(32)36)23-11-14-28(38-2)29(19-23)39-3/h4-14,19,24,30-31,35H,15-18H2,1-3H3/t24-,30?,31-/m0/s1. The number of carbonyl (C=O) groups excluding carboxylic acids is 2. The normalized spacial score (nSPS) is 20.4. The minimum absolute atomic E-state index is 0.0440. The maximum atomic E-state index is 13.8. The van der Waals surface area contributed by atoms with Gasteiger partial charge in [0.25, 0.3) is 0 Å². The lowest BCUT2D eigenvalue weighted by atomic mass is 9.69. The van der Waals surface area contributed by atoms with Crippen LogP contribution in [0, 0.1) is 5.92 Å². The molecule has 0 saturated carbocycles. The Kier molecular flexibility index (Phi) is 8.01. The monoisotopic (exact) mass is 539 g/mol. The number of phenols is 1. The Bertz CT molecular complexity index is 1460. The van der Waals surface area contributed by atoms with Crippen molar-refractivity contribution in [1.82, 2.24) is 0 Å². The van der Waals surface area contributed by atoms with Crippen molar-refractivity contribution in [3.63, 3.8) is 0 Å². The summed E-state index contributed by atoms with van der Waals surface area (Å²) in [6.07, 6.45) is 1.44. The van der Waals surface area contributed by atoms with Crippen LogP contribution in [0.5, 0.6) is 17.2 Å². The number of aliphatic imine (C=N–C) groups is 1. The second kappa shape index (κ2) is 11.8. The molecule has 0 saturated heterocycles. The number of esters is 1. The van der Waals surface area contributed by atoms with Crippen LogP contribution in [0.2, 0.25) is 0 Å². The minimum atomic E-state index is -0.736. The lowest BCUT2D eigenvalue weighted by Crippen LogP contribution is -2.38. The number of ether oxygens (including phenoxy) is 3. The van der Waals surface area contributed by atoms with E-state index in [1.807, 2.05) is 55.5 Å². The van der Waals surface area contributed by atoms with Gasteiger partial charge in [-0.15, -0.1) is 0 Å². The maximum absolute atomic E-state index is 13.8. The molecule has 5 rings (SSSR count). The fraction of sp³-hybridized carbons (Fsp3) is 0.303. The SMILES string of the molecule is COc1ccc([C@@H]2CC(=O)C3=C(C2)N=C(C)C(C(=O)OCCc2ccccc2)[C@@H]3c2ccc(O)cc2)cc1OC. The van der Waals surface area contributed by atoms with Crippen LogP contribution in [0.25, 0.3) is 0 Å². The molecular weight excluding hydrogens is 506 g/mol. The molecule has 1 aliphatic carbocycles. The van der Waals surface area contributed by atoms with Crippen molar-refractivity contribution in [3.8, 4) is 17.2 Å². The third-order valence-electron chi connectivity index (χ3n) is 7.75. The first-order valence-electron chi connectivity index (χ1n) is 13.4. The number of hydrogen-bond acceptors (Lipinski definition) is 7. The number of allylic oxidation sites excluding steroid dienone is 2. The van der Waals surface area contributed by atoms with Gasteiger partial charge >= 0.3 is 5.97 Å². The molecule has 1 N–H and O–H groups in total. The minimum Gasteiger partial charge on any atom is -0.508 e. The van der Waals surface area contributed by atoms with E-state index in [-0.39, 0.29) is 30.5 Å². The highest BCUT2D eigenvalue weighted by Crippen LogP contribution is 2.47. The zero-order chi connectivity index (χ0) is 28.2. The van der Waals surface area contributed by atoms with Gasteiger partial charge in [0.1, 0.15) is 11.7 Å². The van der Waals surface area contributed by atoms with E-state index >= 15 is 0 Å². The molecule has 3 aromatic carbocycles. The van der Waals surface area contributed by atoms with E-state index < -0.39 is 17.8 Å². The van der Waals surface area contributed by atoms with E-state index in [1.165, 1.54) is 0 Å². The fourth-order valence-corrected chi connectivity index (χ4v) is 5.75. The van der Waals surface area contributed by atoms with Crippen molar-refractivity contribution >= 4 is 17.5 Å². The van der Waals surface area contributed by atoms with Gasteiger partial charge in [0.15, 0.2) is 17.3 Å². The molecule has 206 valence electrons. The molecule has 1 aliphatic heterocycles. The highest BCUT2D eigenvalue weighted by molar-refractivity contribution is 6.09. The van der Waals surface area contributed by atoms with Gasteiger partial charge < -0.3 is 19.3 Å². The number of carbonyl (C=O) groups is 2. The van der Waals surface area contributed by atoms with Crippen LogP contribution in [0.15, 0.2) is 89.1 Å². The number of benzene rings is 3. The Hall–Kier alpha value is -4.39. The number of nitrogens with zero attached hydrogens (tertiary/aromatic N) is 1. The first-order valence-corrected chi connectivity index (χ1v) is 13.4. The summed E-state index contributed by atoms with van der Waals surface area (Å²) in [5.41, 5.74) is 4.67. The average molecular weight is 540 g/mol. The van der Waals surface area contributed by atoms with Crippen molar-refractivity contribution in [3.05, 3.63) is 101 Å². The van der Waals surface area contributed by atoms with Crippen molar-refractivity contribution in [2.75, 3.05) is 20.8 Å². The van der Waals surface area contributed by atoms with E-state index in [4.69, 9.17) is 19.2 Å². The van der Waals surface area contributed by atoms with Gasteiger partial charge in [0, 0.05) is 35.7 Å². The molecule has 0 radical (unpaired) electrons. The second-order valence-corrected chi connectivity index (χ2v) is 10.2. The molecule has 7 nitrogen and oxygen atoms in total. The van der Waals surface area contributed by atoms with Gasteiger partial charge in [-0.2, -0.15) is 0 Å². The molecule has 0 bridgehead atoms. The summed E-state index contributed by atoms with van der Waals surface area (Å²) in [5.74, 6) is -0.468. The lowest BCUT2D eigenvalue weighted by molar-refractivity contribution is -0.146. The number of Topliss-reactive ketones (excluding diaryl/α,β-unsaturated/α-hetero) is 1. The highest BCUT2D eigenvalue weighted by atomic mass is 16.5. The van der Waals surface area contributed by atoms with Gasteiger partial charge in [0.05, 0.1) is 20.8 Å². The van der Waals surface area contributed by atoms with Crippen molar-refractivity contribution in [2.24, 2.45) is 10.9 Å². The van der Waals surface area contributed by atoms with Crippen LogP contribution in [0.4, 0.5) is 0 Å². The van der Waals surface area contributed by atoms with Crippen LogP contribution < -0.4 is 9.47 Å². The summed E-state index contributed by atoms with van der Waals surface area (Å²) in [6, 6.07) is 22.2. The first kappa shape index (κ1) is 27.2. The number of ketones is 1. The maximum Gasteiger partial charge on any atom is 0.315 e. The van der Waals surface area contributed by atoms with E-state index in [9.17, 15) is 14.7 Å². The fourth-order valence-electron chi connectivity index (χ4n) is 5.75. The van der Waals surface area contributed by atoms with Gasteiger partial charge in [-0.1, -0.05) is 48.5 Å². The Balaban J connectivity index is 1.46. The largest absolute Gasteiger partial charge is 0.508 e. The second-order valence-electron chi connectivity index (χ2n) is 10.2. The zero-order valence-electron chi connectivity index (χ0n) is 22.9. The molecule has 1 unspecified atom stereocenters. The molecular formula is C33H33NO6. The number of rotatable bonds is 8. The summed E-state index contributed by atoms with van der Waals surface area (Å²) in [5, 5.41) is 9.92. The summed E-state index contributed by atoms with van der Waals surface area (Å²) in [7, 11) is 3.18. The van der Waals surface area contributed by atoms with Gasteiger partial charge in [-0.25, -0.2) is 0 Å². The summed E-state index contributed by atoms with van der Waals surface area (Å²) in [6.45, 7) is 2.06. The van der Waals surface area contributed by atoms with Crippen molar-refractivity contribution in [2.45, 2.75) is 38.0 Å². The molecule has 7 heteroatoms.